The number of hydrogen-bond donors (Lipinski definition) is 2. The first-order valence-electron chi connectivity index (χ1n) is 12.9. The van der Waals surface area contributed by atoms with Crippen LogP contribution in [-0.4, -0.2) is 40.1 Å². The number of rotatable bonds is 4. The lowest BCUT2D eigenvalue weighted by atomic mass is 10.0. The first kappa shape index (κ1) is 24.5. The summed E-state index contributed by atoms with van der Waals surface area (Å²) in [6, 6.07) is 22.9. The van der Waals surface area contributed by atoms with Crippen molar-refractivity contribution >= 4 is 23.2 Å². The van der Waals surface area contributed by atoms with Crippen molar-refractivity contribution in [1.29, 1.82) is 0 Å². The molecule has 2 atom stereocenters. The predicted octanol–water partition coefficient (Wildman–Crippen LogP) is 4.97. The van der Waals surface area contributed by atoms with Crippen LogP contribution in [0.1, 0.15) is 47.3 Å². The molecule has 0 aliphatic carbocycles. The summed E-state index contributed by atoms with van der Waals surface area (Å²) in [5.41, 5.74) is 3.07. The van der Waals surface area contributed by atoms with Crippen molar-refractivity contribution in [3.8, 4) is 17.1 Å². The molecule has 0 saturated carbocycles. The lowest BCUT2D eigenvalue weighted by Crippen LogP contribution is -2.42. The number of carbonyl (C=O) groups excluding carboxylic acids is 2. The van der Waals surface area contributed by atoms with Gasteiger partial charge in [-0.2, -0.15) is 5.10 Å². The average molecular weight is 524 g/mol. The van der Waals surface area contributed by atoms with E-state index in [4.69, 9.17) is 9.73 Å². The van der Waals surface area contributed by atoms with Crippen molar-refractivity contribution in [3.05, 3.63) is 101 Å². The third-order valence-corrected chi connectivity index (χ3v) is 6.91. The standard InChI is InChI=1S/C30H26FN5O3/c1-18-10-9-17-39-30-24(26(35-36(18)30)20-13-5-7-15-22(20)31)28(37)34-27-29(38)32-23-16-8-6-14-21(23)25(33-27)19-11-3-2-4-12-19/h2-8,11-16,18,27H,9-10,17H2,1H3,(H,32,38)(H,34,37)/t18-,27?/m0/s1. The number of nitrogens with zero attached hydrogens (tertiary/aromatic N) is 3. The number of carbonyl (C=O) groups is 2. The van der Waals surface area contributed by atoms with E-state index in [9.17, 15) is 14.0 Å². The van der Waals surface area contributed by atoms with Gasteiger partial charge in [-0.1, -0.05) is 60.7 Å². The van der Waals surface area contributed by atoms with Gasteiger partial charge in [0.25, 0.3) is 11.8 Å². The van der Waals surface area contributed by atoms with Crippen LogP contribution >= 0.6 is 0 Å². The quantitative estimate of drug-likeness (QED) is 0.395. The van der Waals surface area contributed by atoms with Gasteiger partial charge in [-0.25, -0.2) is 14.1 Å². The SMILES string of the molecule is C[C@H]1CCCOc2c(C(=O)NC3N=C(c4ccccc4)c4ccccc4NC3=O)c(-c3ccccc3F)nn21. The zero-order valence-corrected chi connectivity index (χ0v) is 21.2. The van der Waals surface area contributed by atoms with Crippen molar-refractivity contribution in [2.75, 3.05) is 11.9 Å². The Labute approximate surface area is 224 Å². The van der Waals surface area contributed by atoms with Crippen molar-refractivity contribution < 1.29 is 18.7 Å². The molecular formula is C30H26FN5O3. The van der Waals surface area contributed by atoms with Crippen molar-refractivity contribution in [3.63, 3.8) is 0 Å². The Hall–Kier alpha value is -4.79. The number of benzene rings is 3. The Bertz CT molecular complexity index is 1600. The van der Waals surface area contributed by atoms with Gasteiger partial charge in [-0.3, -0.25) is 9.59 Å². The molecule has 4 aromatic rings. The van der Waals surface area contributed by atoms with Gasteiger partial charge in [0.2, 0.25) is 12.0 Å². The third-order valence-electron chi connectivity index (χ3n) is 6.91. The summed E-state index contributed by atoms with van der Waals surface area (Å²) in [7, 11) is 0. The minimum absolute atomic E-state index is 0.0621. The highest BCUT2D eigenvalue weighted by molar-refractivity contribution is 6.20. The van der Waals surface area contributed by atoms with E-state index in [1.807, 2.05) is 55.5 Å². The van der Waals surface area contributed by atoms with E-state index >= 15 is 0 Å². The Kier molecular flexibility index (Phi) is 6.40. The highest BCUT2D eigenvalue weighted by atomic mass is 19.1. The second kappa shape index (κ2) is 10.2. The smallest absolute Gasteiger partial charge is 0.269 e. The van der Waals surface area contributed by atoms with Crippen LogP contribution in [0.25, 0.3) is 11.3 Å². The van der Waals surface area contributed by atoms with Crippen LogP contribution in [0.15, 0.2) is 83.9 Å². The predicted molar refractivity (Wildman–Crippen MR) is 145 cm³/mol. The number of ether oxygens (including phenoxy) is 1. The summed E-state index contributed by atoms with van der Waals surface area (Å²) in [4.78, 5) is 32.0. The molecule has 8 nitrogen and oxygen atoms in total. The van der Waals surface area contributed by atoms with Gasteiger partial charge in [0.05, 0.1) is 24.0 Å². The highest BCUT2D eigenvalue weighted by Crippen LogP contribution is 2.36. The molecule has 0 bridgehead atoms. The number of aliphatic imine (C=N–C) groups is 1. The largest absolute Gasteiger partial charge is 0.477 e. The normalized spacial score (nSPS) is 18.4. The Morgan fingerprint density at radius 3 is 2.54 bits per heavy atom. The fourth-order valence-corrected chi connectivity index (χ4v) is 4.95. The van der Waals surface area contributed by atoms with Crippen molar-refractivity contribution in [2.45, 2.75) is 32.0 Å². The van der Waals surface area contributed by atoms with E-state index in [2.05, 4.69) is 15.7 Å². The maximum Gasteiger partial charge on any atom is 0.269 e. The van der Waals surface area contributed by atoms with Crippen LogP contribution in [0, 0.1) is 5.82 Å². The average Bonchev–Trinajstić information content (AvgIpc) is 3.15. The highest BCUT2D eigenvalue weighted by Gasteiger charge is 2.34. The Morgan fingerprint density at radius 1 is 1.03 bits per heavy atom. The van der Waals surface area contributed by atoms with Gasteiger partial charge in [0, 0.05) is 16.7 Å². The molecule has 3 aromatic carbocycles. The number of benzodiazepines with no additional fused rings is 1. The van der Waals surface area contributed by atoms with Crippen molar-refractivity contribution in [2.24, 2.45) is 4.99 Å². The molecule has 3 heterocycles. The monoisotopic (exact) mass is 523 g/mol. The van der Waals surface area contributed by atoms with Crippen LogP contribution in [0.3, 0.4) is 0 Å². The molecule has 1 unspecified atom stereocenters. The molecule has 9 heteroatoms. The van der Waals surface area contributed by atoms with Gasteiger partial charge in [0.1, 0.15) is 17.1 Å². The van der Waals surface area contributed by atoms with E-state index in [0.29, 0.717) is 18.0 Å². The van der Waals surface area contributed by atoms with Gasteiger partial charge in [-0.15, -0.1) is 0 Å². The lowest BCUT2D eigenvalue weighted by molar-refractivity contribution is -0.117. The summed E-state index contributed by atoms with van der Waals surface area (Å²) in [6.07, 6.45) is 0.321. The Morgan fingerprint density at radius 2 is 1.74 bits per heavy atom. The molecule has 1 aromatic heterocycles. The summed E-state index contributed by atoms with van der Waals surface area (Å²) < 4.78 is 22.5. The maximum atomic E-state index is 14.9. The third kappa shape index (κ3) is 4.56. The van der Waals surface area contributed by atoms with E-state index in [0.717, 1.165) is 24.0 Å². The number of aromatic nitrogens is 2. The molecule has 2 aliphatic heterocycles. The molecule has 2 aliphatic rings. The molecule has 6 rings (SSSR count). The van der Waals surface area contributed by atoms with Crippen LogP contribution in [0.2, 0.25) is 0 Å². The zero-order valence-electron chi connectivity index (χ0n) is 21.2. The number of hydrogen-bond acceptors (Lipinski definition) is 5. The molecule has 196 valence electrons. The molecule has 0 saturated heterocycles. The number of fused-ring (bicyclic) bond motifs is 2. The molecule has 2 amide bonds. The van der Waals surface area contributed by atoms with E-state index in [1.165, 1.54) is 6.07 Å². The number of anilines is 1. The van der Waals surface area contributed by atoms with E-state index in [1.54, 1.807) is 28.9 Å². The van der Waals surface area contributed by atoms with Gasteiger partial charge in [-0.05, 0) is 38.0 Å². The maximum absolute atomic E-state index is 14.9. The minimum Gasteiger partial charge on any atom is -0.477 e. The van der Waals surface area contributed by atoms with Gasteiger partial charge >= 0.3 is 0 Å². The summed E-state index contributed by atoms with van der Waals surface area (Å²) in [5.74, 6) is -1.40. The number of halogens is 1. The summed E-state index contributed by atoms with van der Waals surface area (Å²) in [5, 5.41) is 10.3. The number of para-hydroxylation sites is 1. The number of nitrogens with one attached hydrogen (secondary N) is 2. The summed E-state index contributed by atoms with van der Waals surface area (Å²) >= 11 is 0. The number of amides is 2. The second-order valence-electron chi connectivity index (χ2n) is 9.55. The van der Waals surface area contributed by atoms with Crippen LogP contribution < -0.4 is 15.4 Å². The topological polar surface area (TPSA) is 97.6 Å². The fourth-order valence-electron chi connectivity index (χ4n) is 4.95. The lowest BCUT2D eigenvalue weighted by Gasteiger charge is -2.15. The minimum atomic E-state index is -1.26. The zero-order chi connectivity index (χ0) is 26.9. The molecule has 2 N–H and O–H groups in total. The first-order chi connectivity index (χ1) is 19.0. The van der Waals surface area contributed by atoms with Gasteiger partial charge < -0.3 is 15.4 Å². The van der Waals surface area contributed by atoms with Gasteiger partial charge in [0.15, 0.2) is 0 Å². The molecule has 0 fully saturated rings. The van der Waals surface area contributed by atoms with Crippen LogP contribution in [0.4, 0.5) is 10.1 Å². The summed E-state index contributed by atoms with van der Waals surface area (Å²) in [6.45, 7) is 2.37. The van der Waals surface area contributed by atoms with E-state index in [-0.39, 0.29) is 28.7 Å². The fraction of sp³-hybridized carbons (Fsp3) is 0.200. The van der Waals surface area contributed by atoms with Crippen molar-refractivity contribution in [1.82, 2.24) is 15.1 Å². The molecule has 0 radical (unpaired) electrons. The first-order valence-corrected chi connectivity index (χ1v) is 12.9. The molecular weight excluding hydrogens is 497 g/mol. The molecule has 39 heavy (non-hydrogen) atoms. The Balaban J connectivity index is 1.44. The van der Waals surface area contributed by atoms with Crippen LogP contribution in [0.5, 0.6) is 5.88 Å². The van der Waals surface area contributed by atoms with E-state index < -0.39 is 23.8 Å². The molecule has 0 spiro atoms. The van der Waals surface area contributed by atoms with Crippen LogP contribution in [-0.2, 0) is 4.79 Å². The second-order valence-corrected chi connectivity index (χ2v) is 9.55.